The molecule has 8 heteroatoms. The van der Waals surface area contributed by atoms with E-state index in [-0.39, 0.29) is 13.2 Å². The summed E-state index contributed by atoms with van der Waals surface area (Å²) in [4.78, 5) is 40.2. The van der Waals surface area contributed by atoms with Gasteiger partial charge in [-0.15, -0.1) is 0 Å². The number of carbonyl (C=O) groups is 3. The zero-order valence-electron chi connectivity index (χ0n) is 13.8. The van der Waals surface area contributed by atoms with Crippen LogP contribution in [0, 0.1) is 0 Å². The summed E-state index contributed by atoms with van der Waals surface area (Å²) in [6, 6.07) is 6.73. The van der Waals surface area contributed by atoms with Gasteiger partial charge < -0.3 is 24.4 Å². The molecule has 0 saturated heterocycles. The lowest BCUT2D eigenvalue weighted by Crippen LogP contribution is -2.70. The van der Waals surface area contributed by atoms with Crippen molar-refractivity contribution in [3.8, 4) is 0 Å². The van der Waals surface area contributed by atoms with Crippen LogP contribution in [0.3, 0.4) is 0 Å². The highest BCUT2D eigenvalue weighted by molar-refractivity contribution is 6.07. The van der Waals surface area contributed by atoms with E-state index in [2.05, 4.69) is 0 Å². The third kappa shape index (κ3) is 2.58. The van der Waals surface area contributed by atoms with Crippen LogP contribution in [0.5, 0.6) is 0 Å². The van der Waals surface area contributed by atoms with Crippen LogP contribution in [-0.2, 0) is 19.1 Å². The fraction of sp³-hybridized carbons (Fsp3) is 0.438. The number of hydrogen-bond acceptors (Lipinski definition) is 7. The van der Waals surface area contributed by atoms with E-state index in [0.29, 0.717) is 11.3 Å². The predicted molar refractivity (Wildman–Crippen MR) is 84.3 cm³/mol. The van der Waals surface area contributed by atoms with Crippen LogP contribution >= 0.6 is 0 Å². The number of rotatable bonds is 5. The molecule has 0 fully saturated rings. The number of methoxy groups -OCH3 is 2. The van der Waals surface area contributed by atoms with Gasteiger partial charge in [0, 0.05) is 13.6 Å². The Hall–Kier alpha value is -2.61. The molecule has 1 atom stereocenters. The lowest BCUT2D eigenvalue weighted by molar-refractivity contribution is -0.161. The van der Waals surface area contributed by atoms with Crippen molar-refractivity contribution in [1.82, 2.24) is 4.90 Å². The first-order valence-electron chi connectivity index (χ1n) is 7.35. The maximum Gasteiger partial charge on any atom is 0.353 e. The summed E-state index contributed by atoms with van der Waals surface area (Å²) in [5.74, 6) is -1.93. The van der Waals surface area contributed by atoms with Crippen LogP contribution in [-0.4, -0.2) is 67.9 Å². The van der Waals surface area contributed by atoms with Crippen molar-refractivity contribution in [2.75, 3.05) is 39.3 Å². The number of aliphatic hydroxyl groups excluding tert-OH is 1. The number of nitrogens with zero attached hydrogens (tertiary/aromatic N) is 2. The highest BCUT2D eigenvalue weighted by Gasteiger charge is 2.56. The van der Waals surface area contributed by atoms with E-state index < -0.39 is 29.9 Å². The maximum atomic E-state index is 12.9. The second kappa shape index (κ2) is 6.88. The van der Waals surface area contributed by atoms with E-state index in [9.17, 15) is 19.5 Å². The van der Waals surface area contributed by atoms with Crippen molar-refractivity contribution >= 4 is 23.5 Å². The first-order valence-corrected chi connectivity index (χ1v) is 7.35. The van der Waals surface area contributed by atoms with E-state index in [0.717, 1.165) is 4.90 Å². The van der Waals surface area contributed by atoms with Crippen molar-refractivity contribution in [3.63, 3.8) is 0 Å². The predicted octanol–water partition coefficient (Wildman–Crippen LogP) is 0.00330. The largest absolute Gasteiger partial charge is 0.469 e. The lowest BCUT2D eigenvalue weighted by Gasteiger charge is -2.50. The molecular weight excluding hydrogens is 316 g/mol. The molecule has 1 aromatic rings. The average Bonchev–Trinajstić information content (AvgIpc) is 2.61. The van der Waals surface area contributed by atoms with Gasteiger partial charge in [-0.05, 0) is 12.1 Å². The van der Waals surface area contributed by atoms with Gasteiger partial charge in [0.15, 0.2) is 0 Å². The molecule has 1 heterocycles. The summed E-state index contributed by atoms with van der Waals surface area (Å²) < 4.78 is 9.58. The third-order valence-corrected chi connectivity index (χ3v) is 4.20. The molecule has 0 aliphatic carbocycles. The number of ether oxygens (including phenoxy) is 2. The summed E-state index contributed by atoms with van der Waals surface area (Å²) in [7, 11) is 3.97. The van der Waals surface area contributed by atoms with Crippen molar-refractivity contribution in [2.24, 2.45) is 0 Å². The zero-order chi connectivity index (χ0) is 17.9. The smallest absolute Gasteiger partial charge is 0.353 e. The van der Waals surface area contributed by atoms with Crippen molar-refractivity contribution in [3.05, 3.63) is 29.8 Å². The molecule has 24 heavy (non-hydrogen) atoms. The van der Waals surface area contributed by atoms with Gasteiger partial charge >= 0.3 is 11.9 Å². The van der Waals surface area contributed by atoms with Gasteiger partial charge in [-0.2, -0.15) is 0 Å². The number of amides is 1. The number of aliphatic hydroxyl groups is 1. The number of hydrogen-bond donors (Lipinski definition) is 1. The average molecular weight is 336 g/mol. The van der Waals surface area contributed by atoms with E-state index in [1.165, 1.54) is 19.1 Å². The molecule has 2 rings (SSSR count). The SMILES string of the molecule is COC(=O)CC1(C(=O)OC)N(CCO)C(=O)c2ccccc2N1C. The molecule has 0 radical (unpaired) electrons. The lowest BCUT2D eigenvalue weighted by atomic mass is 9.93. The minimum atomic E-state index is -1.73. The topological polar surface area (TPSA) is 96.4 Å². The third-order valence-electron chi connectivity index (χ3n) is 4.20. The van der Waals surface area contributed by atoms with Crippen molar-refractivity contribution < 1.29 is 29.0 Å². The molecule has 130 valence electrons. The summed E-state index contributed by atoms with van der Waals surface area (Å²) in [6.45, 7) is -0.509. The van der Waals surface area contributed by atoms with Crippen LogP contribution in [0.2, 0.25) is 0 Å². The molecule has 1 aromatic carbocycles. The highest BCUT2D eigenvalue weighted by atomic mass is 16.5. The normalized spacial score (nSPS) is 19.8. The highest BCUT2D eigenvalue weighted by Crippen LogP contribution is 2.39. The van der Waals surface area contributed by atoms with Gasteiger partial charge in [-0.1, -0.05) is 12.1 Å². The molecule has 0 spiro atoms. The van der Waals surface area contributed by atoms with Gasteiger partial charge in [0.25, 0.3) is 5.91 Å². The van der Waals surface area contributed by atoms with Crippen molar-refractivity contribution in [2.45, 2.75) is 12.1 Å². The van der Waals surface area contributed by atoms with Gasteiger partial charge in [0.1, 0.15) is 0 Å². The van der Waals surface area contributed by atoms with Crippen LogP contribution in [0.1, 0.15) is 16.8 Å². The standard InChI is InChI=1S/C16H20N2O6/c1-17-12-7-5-4-6-11(12)14(21)18(8-9-19)16(17,15(22)24-3)10-13(20)23-2/h4-7,19H,8-10H2,1-3H3. The molecular formula is C16H20N2O6. The van der Waals surface area contributed by atoms with Gasteiger partial charge in [0.05, 0.1) is 38.5 Å². The molecule has 0 aromatic heterocycles. The number of β-amino-alcohol motifs (C(OH)–C–C–N with tert-alkyl or cyclic N) is 1. The first-order chi connectivity index (χ1) is 11.4. The van der Waals surface area contributed by atoms with Gasteiger partial charge in [0.2, 0.25) is 5.66 Å². The Kier molecular flexibility index (Phi) is 5.08. The molecule has 0 saturated carbocycles. The van der Waals surface area contributed by atoms with Gasteiger partial charge in [-0.3, -0.25) is 9.59 Å². The molecule has 1 unspecified atom stereocenters. The Bertz CT molecular complexity index is 662. The van der Waals surface area contributed by atoms with Crippen LogP contribution < -0.4 is 4.90 Å². The quantitative estimate of drug-likeness (QED) is 0.756. The Balaban J connectivity index is 2.70. The number of anilines is 1. The van der Waals surface area contributed by atoms with Crippen LogP contribution in [0.4, 0.5) is 5.69 Å². The fourth-order valence-electron chi connectivity index (χ4n) is 3.00. The molecule has 1 aliphatic rings. The number of fused-ring (bicyclic) bond motifs is 1. The van der Waals surface area contributed by atoms with Crippen molar-refractivity contribution in [1.29, 1.82) is 0 Å². The van der Waals surface area contributed by atoms with Gasteiger partial charge in [-0.25, -0.2) is 4.79 Å². The molecule has 1 amide bonds. The summed E-state index contributed by atoms with van der Waals surface area (Å²) in [6.07, 6.45) is -0.424. The summed E-state index contributed by atoms with van der Waals surface area (Å²) >= 11 is 0. The van der Waals surface area contributed by atoms with E-state index in [1.807, 2.05) is 0 Å². The van der Waals surface area contributed by atoms with E-state index >= 15 is 0 Å². The monoisotopic (exact) mass is 336 g/mol. The van der Waals surface area contributed by atoms with E-state index in [1.54, 1.807) is 31.3 Å². The summed E-state index contributed by atoms with van der Waals surface area (Å²) in [5.41, 5.74) is -0.862. The minimum Gasteiger partial charge on any atom is -0.469 e. The Labute approximate surface area is 139 Å². The maximum absolute atomic E-state index is 12.9. The summed E-state index contributed by atoms with van der Waals surface area (Å²) in [5, 5.41) is 9.37. The fourth-order valence-corrected chi connectivity index (χ4v) is 3.00. The molecule has 1 N–H and O–H groups in total. The number of benzene rings is 1. The Morgan fingerprint density at radius 2 is 1.88 bits per heavy atom. The Morgan fingerprint density at radius 1 is 1.21 bits per heavy atom. The molecule has 1 aliphatic heterocycles. The second-order valence-corrected chi connectivity index (χ2v) is 5.32. The number of likely N-dealkylation sites (N-methyl/N-ethyl adjacent to an activating group) is 1. The van der Waals surface area contributed by atoms with Crippen LogP contribution in [0.15, 0.2) is 24.3 Å². The molecule has 8 nitrogen and oxygen atoms in total. The second-order valence-electron chi connectivity index (χ2n) is 5.32. The Morgan fingerprint density at radius 3 is 2.46 bits per heavy atom. The van der Waals surface area contributed by atoms with E-state index in [4.69, 9.17) is 9.47 Å². The zero-order valence-corrected chi connectivity index (χ0v) is 13.8. The minimum absolute atomic E-state index is 0.135. The number of carbonyl (C=O) groups excluding carboxylic acids is 3. The number of esters is 2. The van der Waals surface area contributed by atoms with Crippen LogP contribution in [0.25, 0.3) is 0 Å². The molecule has 0 bridgehead atoms. The number of para-hydroxylation sites is 1. The first kappa shape index (κ1) is 17.7.